The highest BCUT2D eigenvalue weighted by Crippen LogP contribution is 2.26. The van der Waals surface area contributed by atoms with Gasteiger partial charge in [0.25, 0.3) is 0 Å². The van der Waals surface area contributed by atoms with Crippen molar-refractivity contribution in [3.8, 4) is 6.07 Å². The Bertz CT molecular complexity index is 422. The van der Waals surface area contributed by atoms with Crippen LogP contribution in [0.25, 0.3) is 0 Å². The van der Waals surface area contributed by atoms with E-state index < -0.39 is 0 Å². The lowest BCUT2D eigenvalue weighted by atomic mass is 10.2. The molecule has 3 nitrogen and oxygen atoms in total. The maximum Gasteiger partial charge on any atom is 0.102 e. The van der Waals surface area contributed by atoms with E-state index in [4.69, 9.17) is 4.74 Å². The first-order valence-electron chi connectivity index (χ1n) is 5.77. The summed E-state index contributed by atoms with van der Waals surface area (Å²) in [5.41, 5.74) is 1.65. The molecular weight excluding hydrogens is 232 g/mol. The number of nitriles is 1. The fourth-order valence-electron chi connectivity index (χ4n) is 1.99. The Kier molecular flexibility index (Phi) is 4.29. The number of thioether (sulfide) groups is 1. The number of hydrogen-bond donors (Lipinski definition) is 1. The molecule has 1 unspecified atom stereocenters. The molecule has 0 amide bonds. The first kappa shape index (κ1) is 12.3. The van der Waals surface area contributed by atoms with Gasteiger partial charge in [-0.15, -0.1) is 11.8 Å². The van der Waals surface area contributed by atoms with Gasteiger partial charge in [-0.2, -0.15) is 5.26 Å². The molecule has 4 heteroatoms. The topological polar surface area (TPSA) is 45.0 Å². The maximum atomic E-state index is 9.19. The minimum Gasteiger partial charge on any atom is -0.381 e. The minimum absolute atomic E-state index is 0.291. The molecule has 1 atom stereocenters. The zero-order chi connectivity index (χ0) is 12.1. The summed E-state index contributed by atoms with van der Waals surface area (Å²) in [6.45, 7) is 1.65. The Balaban J connectivity index is 2.07. The van der Waals surface area contributed by atoms with Gasteiger partial charge < -0.3 is 10.1 Å². The van der Waals surface area contributed by atoms with Crippen LogP contribution in [-0.4, -0.2) is 25.5 Å². The molecule has 0 radical (unpaired) electrons. The Morgan fingerprint density at radius 3 is 3.12 bits per heavy atom. The summed E-state index contributed by atoms with van der Waals surface area (Å²) < 4.78 is 5.55. The molecule has 1 heterocycles. The SMILES string of the molecule is CSc1cccc(NCC2CCCO2)c1C#N. The fourth-order valence-corrected chi connectivity index (χ4v) is 2.57. The van der Waals surface area contributed by atoms with E-state index in [2.05, 4.69) is 11.4 Å². The van der Waals surface area contributed by atoms with Crippen molar-refractivity contribution in [2.24, 2.45) is 0 Å². The van der Waals surface area contributed by atoms with Gasteiger partial charge in [-0.25, -0.2) is 0 Å². The number of rotatable bonds is 4. The number of ether oxygens (including phenoxy) is 1. The molecule has 1 aliphatic rings. The molecule has 0 bridgehead atoms. The zero-order valence-electron chi connectivity index (χ0n) is 9.90. The van der Waals surface area contributed by atoms with Gasteiger partial charge in [-0.05, 0) is 31.2 Å². The lowest BCUT2D eigenvalue weighted by Gasteiger charge is -2.14. The van der Waals surface area contributed by atoms with Crippen LogP contribution in [0, 0.1) is 11.3 Å². The van der Waals surface area contributed by atoms with Gasteiger partial charge in [0.15, 0.2) is 0 Å². The Morgan fingerprint density at radius 1 is 1.59 bits per heavy atom. The van der Waals surface area contributed by atoms with Crippen molar-refractivity contribution in [2.75, 3.05) is 24.7 Å². The van der Waals surface area contributed by atoms with E-state index in [0.717, 1.165) is 42.1 Å². The maximum absolute atomic E-state index is 9.19. The van der Waals surface area contributed by atoms with E-state index in [0.29, 0.717) is 6.10 Å². The predicted molar refractivity (Wildman–Crippen MR) is 70.4 cm³/mol. The van der Waals surface area contributed by atoms with Crippen LogP contribution < -0.4 is 5.32 Å². The van der Waals surface area contributed by atoms with Crippen molar-refractivity contribution < 1.29 is 4.74 Å². The molecule has 1 saturated heterocycles. The summed E-state index contributed by atoms with van der Waals surface area (Å²) in [5, 5.41) is 12.5. The summed E-state index contributed by atoms with van der Waals surface area (Å²) >= 11 is 1.60. The molecule has 1 aliphatic heterocycles. The van der Waals surface area contributed by atoms with Crippen LogP contribution in [0.4, 0.5) is 5.69 Å². The largest absolute Gasteiger partial charge is 0.381 e. The van der Waals surface area contributed by atoms with Crippen LogP contribution in [0.1, 0.15) is 18.4 Å². The normalized spacial score (nSPS) is 18.9. The quantitative estimate of drug-likeness (QED) is 0.832. The number of nitrogens with one attached hydrogen (secondary N) is 1. The Hall–Kier alpha value is -1.18. The molecule has 1 N–H and O–H groups in total. The molecule has 17 heavy (non-hydrogen) atoms. The first-order valence-corrected chi connectivity index (χ1v) is 7.00. The lowest BCUT2D eigenvalue weighted by Crippen LogP contribution is -2.18. The van der Waals surface area contributed by atoms with Gasteiger partial charge in [0, 0.05) is 18.0 Å². The van der Waals surface area contributed by atoms with Gasteiger partial charge in [-0.1, -0.05) is 6.07 Å². The van der Waals surface area contributed by atoms with Gasteiger partial charge in [0.2, 0.25) is 0 Å². The second kappa shape index (κ2) is 5.95. The standard InChI is InChI=1S/C13H16N2OS/c1-17-13-6-2-5-12(11(13)8-14)15-9-10-4-3-7-16-10/h2,5-6,10,15H,3-4,7,9H2,1H3. The lowest BCUT2D eigenvalue weighted by molar-refractivity contribution is 0.120. The minimum atomic E-state index is 0.291. The van der Waals surface area contributed by atoms with Crippen molar-refractivity contribution in [1.82, 2.24) is 0 Å². The average molecular weight is 248 g/mol. The molecule has 2 rings (SSSR count). The highest BCUT2D eigenvalue weighted by atomic mass is 32.2. The third-order valence-corrected chi connectivity index (χ3v) is 3.68. The second-order valence-corrected chi connectivity index (χ2v) is 4.86. The van der Waals surface area contributed by atoms with Crippen LogP contribution >= 0.6 is 11.8 Å². The predicted octanol–water partition coefficient (Wildman–Crippen LogP) is 2.87. The number of nitrogens with zero attached hydrogens (tertiary/aromatic N) is 1. The van der Waals surface area contributed by atoms with Crippen molar-refractivity contribution >= 4 is 17.4 Å². The smallest absolute Gasteiger partial charge is 0.102 e. The van der Waals surface area contributed by atoms with Crippen molar-refractivity contribution in [3.05, 3.63) is 23.8 Å². The number of benzene rings is 1. The first-order chi connectivity index (χ1) is 8.35. The molecule has 0 aromatic heterocycles. The zero-order valence-corrected chi connectivity index (χ0v) is 10.7. The van der Waals surface area contributed by atoms with E-state index in [-0.39, 0.29) is 0 Å². The molecule has 0 saturated carbocycles. The van der Waals surface area contributed by atoms with E-state index in [1.165, 1.54) is 0 Å². The van der Waals surface area contributed by atoms with Crippen LogP contribution in [0.5, 0.6) is 0 Å². The summed E-state index contributed by atoms with van der Waals surface area (Å²) in [6, 6.07) is 8.17. The van der Waals surface area contributed by atoms with E-state index >= 15 is 0 Å². The summed E-state index contributed by atoms with van der Waals surface area (Å²) in [4.78, 5) is 1.02. The summed E-state index contributed by atoms with van der Waals surface area (Å²) in [5.74, 6) is 0. The highest BCUT2D eigenvalue weighted by molar-refractivity contribution is 7.98. The van der Waals surface area contributed by atoms with E-state index in [9.17, 15) is 5.26 Å². The van der Waals surface area contributed by atoms with Crippen LogP contribution in [0.3, 0.4) is 0 Å². The van der Waals surface area contributed by atoms with Crippen molar-refractivity contribution in [1.29, 1.82) is 5.26 Å². The molecule has 1 aromatic carbocycles. The van der Waals surface area contributed by atoms with Crippen LogP contribution in [0.2, 0.25) is 0 Å². The molecule has 0 aliphatic carbocycles. The number of hydrogen-bond acceptors (Lipinski definition) is 4. The molecule has 90 valence electrons. The molecule has 1 fully saturated rings. The second-order valence-electron chi connectivity index (χ2n) is 4.01. The van der Waals surface area contributed by atoms with Crippen LogP contribution in [-0.2, 0) is 4.74 Å². The van der Waals surface area contributed by atoms with Crippen molar-refractivity contribution in [3.63, 3.8) is 0 Å². The third kappa shape index (κ3) is 2.93. The van der Waals surface area contributed by atoms with Crippen molar-refractivity contribution in [2.45, 2.75) is 23.8 Å². The Morgan fingerprint density at radius 2 is 2.47 bits per heavy atom. The van der Waals surface area contributed by atoms with Gasteiger partial charge >= 0.3 is 0 Å². The van der Waals surface area contributed by atoms with E-state index in [1.807, 2.05) is 24.5 Å². The van der Waals surface area contributed by atoms with Gasteiger partial charge in [0.05, 0.1) is 17.4 Å². The molecular formula is C13H16N2OS. The Labute approximate surface area is 106 Å². The fraction of sp³-hybridized carbons (Fsp3) is 0.462. The average Bonchev–Trinajstić information content (AvgIpc) is 2.88. The highest BCUT2D eigenvalue weighted by Gasteiger charge is 2.16. The summed E-state index contributed by atoms with van der Waals surface area (Å²) in [6.07, 6.45) is 4.53. The summed E-state index contributed by atoms with van der Waals surface area (Å²) in [7, 11) is 0. The van der Waals surface area contributed by atoms with E-state index in [1.54, 1.807) is 11.8 Å². The van der Waals surface area contributed by atoms with Gasteiger partial charge in [-0.3, -0.25) is 0 Å². The monoisotopic (exact) mass is 248 g/mol. The third-order valence-electron chi connectivity index (χ3n) is 2.90. The van der Waals surface area contributed by atoms with Crippen LogP contribution in [0.15, 0.2) is 23.1 Å². The molecule has 1 aromatic rings. The van der Waals surface area contributed by atoms with Gasteiger partial charge in [0.1, 0.15) is 6.07 Å². The number of anilines is 1. The molecule has 0 spiro atoms.